The lowest BCUT2D eigenvalue weighted by Crippen LogP contribution is -1.96. The van der Waals surface area contributed by atoms with E-state index in [1.165, 1.54) is 0 Å². The van der Waals surface area contributed by atoms with Crippen LogP contribution in [0.1, 0.15) is 17.5 Å². The van der Waals surface area contributed by atoms with Gasteiger partial charge in [-0.1, -0.05) is 0 Å². The summed E-state index contributed by atoms with van der Waals surface area (Å²) in [4.78, 5) is 10.3. The van der Waals surface area contributed by atoms with E-state index in [4.69, 9.17) is 9.47 Å². The number of aldehydes is 1. The minimum Gasteiger partial charge on any atom is -0.496 e. The van der Waals surface area contributed by atoms with Crippen LogP contribution in [0.3, 0.4) is 0 Å². The summed E-state index contributed by atoms with van der Waals surface area (Å²) in [6.07, 6.45) is 2.14. The summed E-state index contributed by atoms with van der Waals surface area (Å²) in [6.45, 7) is 1.97. The van der Waals surface area contributed by atoms with E-state index < -0.39 is 0 Å². The van der Waals surface area contributed by atoms with Crippen LogP contribution in [-0.4, -0.2) is 20.5 Å². The van der Waals surface area contributed by atoms with Crippen LogP contribution < -0.4 is 9.47 Å². The van der Waals surface area contributed by atoms with Crippen LogP contribution in [0.2, 0.25) is 0 Å². The fraction of sp³-hybridized carbons (Fsp3) is 0.417. The highest BCUT2D eigenvalue weighted by Crippen LogP contribution is 2.29. The average Bonchev–Trinajstić information content (AvgIpc) is 2.26. The Bertz CT molecular complexity index is 345. The molecule has 15 heavy (non-hydrogen) atoms. The number of benzene rings is 1. The lowest BCUT2D eigenvalue weighted by atomic mass is 10.1. The van der Waals surface area contributed by atoms with Gasteiger partial charge in [-0.3, -0.25) is 0 Å². The molecule has 0 N–H and O–H groups in total. The SMILES string of the molecule is COc1cc(OC)c(CCC=O)cc1C. The first-order valence-corrected chi connectivity index (χ1v) is 4.88. The van der Waals surface area contributed by atoms with E-state index in [2.05, 4.69) is 0 Å². The standard InChI is InChI=1S/C12H16O3/c1-9-7-10(5-4-6-13)12(15-3)8-11(9)14-2/h6-8H,4-5H2,1-3H3. The summed E-state index contributed by atoms with van der Waals surface area (Å²) in [5, 5.41) is 0. The van der Waals surface area contributed by atoms with Crippen LogP contribution in [0, 0.1) is 6.92 Å². The summed E-state index contributed by atoms with van der Waals surface area (Å²) in [5.74, 6) is 1.58. The molecule has 0 heterocycles. The Morgan fingerprint density at radius 3 is 2.40 bits per heavy atom. The molecule has 0 fully saturated rings. The van der Waals surface area contributed by atoms with Gasteiger partial charge in [0.2, 0.25) is 0 Å². The Balaban J connectivity index is 3.03. The molecule has 3 heteroatoms. The van der Waals surface area contributed by atoms with Crippen molar-refractivity contribution in [2.45, 2.75) is 19.8 Å². The second kappa shape index (κ2) is 5.39. The minimum atomic E-state index is 0.516. The van der Waals surface area contributed by atoms with Gasteiger partial charge in [0, 0.05) is 12.5 Å². The van der Waals surface area contributed by atoms with Gasteiger partial charge in [0.05, 0.1) is 14.2 Å². The molecule has 0 amide bonds. The molecular formula is C12H16O3. The predicted octanol–water partition coefficient (Wildman–Crippen LogP) is 2.14. The van der Waals surface area contributed by atoms with Crippen molar-refractivity contribution in [1.29, 1.82) is 0 Å². The Labute approximate surface area is 90.0 Å². The maximum atomic E-state index is 10.3. The molecular weight excluding hydrogens is 192 g/mol. The van der Waals surface area contributed by atoms with E-state index >= 15 is 0 Å². The molecule has 3 nitrogen and oxygen atoms in total. The monoisotopic (exact) mass is 208 g/mol. The van der Waals surface area contributed by atoms with Crippen molar-refractivity contribution in [1.82, 2.24) is 0 Å². The Morgan fingerprint density at radius 1 is 1.20 bits per heavy atom. The molecule has 1 rings (SSSR count). The molecule has 0 spiro atoms. The third-order valence-corrected chi connectivity index (χ3v) is 2.33. The van der Waals surface area contributed by atoms with Crippen LogP contribution >= 0.6 is 0 Å². The number of carbonyl (C=O) groups excluding carboxylic acids is 1. The van der Waals surface area contributed by atoms with Gasteiger partial charge < -0.3 is 14.3 Å². The van der Waals surface area contributed by atoms with Crippen molar-refractivity contribution in [2.75, 3.05) is 14.2 Å². The largest absolute Gasteiger partial charge is 0.496 e. The topological polar surface area (TPSA) is 35.5 Å². The van der Waals surface area contributed by atoms with Crippen molar-refractivity contribution in [3.05, 3.63) is 23.3 Å². The Kier molecular flexibility index (Phi) is 4.16. The summed E-state index contributed by atoms with van der Waals surface area (Å²) in [6, 6.07) is 3.86. The molecule has 0 aliphatic heterocycles. The number of aryl methyl sites for hydroxylation is 2. The molecule has 0 atom stereocenters. The van der Waals surface area contributed by atoms with E-state index in [-0.39, 0.29) is 0 Å². The molecule has 0 saturated carbocycles. The molecule has 0 saturated heterocycles. The highest BCUT2D eigenvalue weighted by atomic mass is 16.5. The molecule has 0 aliphatic rings. The summed E-state index contributed by atoms with van der Waals surface area (Å²) in [7, 11) is 3.25. The van der Waals surface area contributed by atoms with Crippen LogP contribution in [0.25, 0.3) is 0 Å². The van der Waals surface area contributed by atoms with Gasteiger partial charge in [-0.25, -0.2) is 0 Å². The molecule has 82 valence electrons. The number of carbonyl (C=O) groups is 1. The molecule has 0 bridgehead atoms. The second-order valence-electron chi connectivity index (χ2n) is 3.34. The zero-order chi connectivity index (χ0) is 11.3. The van der Waals surface area contributed by atoms with Gasteiger partial charge in [-0.05, 0) is 30.5 Å². The molecule has 1 aromatic carbocycles. The van der Waals surface area contributed by atoms with Gasteiger partial charge in [-0.15, -0.1) is 0 Å². The highest BCUT2D eigenvalue weighted by molar-refractivity contribution is 5.52. The molecule has 0 radical (unpaired) electrons. The minimum absolute atomic E-state index is 0.516. The van der Waals surface area contributed by atoms with Crippen molar-refractivity contribution in [2.24, 2.45) is 0 Å². The number of ether oxygens (including phenoxy) is 2. The van der Waals surface area contributed by atoms with E-state index in [1.54, 1.807) is 14.2 Å². The summed E-state index contributed by atoms with van der Waals surface area (Å²) >= 11 is 0. The zero-order valence-corrected chi connectivity index (χ0v) is 9.37. The number of hydrogen-bond acceptors (Lipinski definition) is 3. The lowest BCUT2D eigenvalue weighted by molar-refractivity contribution is -0.107. The summed E-state index contributed by atoms with van der Waals surface area (Å²) in [5.41, 5.74) is 2.10. The summed E-state index contributed by atoms with van der Waals surface area (Å²) < 4.78 is 10.4. The van der Waals surface area contributed by atoms with Gasteiger partial charge in [0.25, 0.3) is 0 Å². The van der Waals surface area contributed by atoms with Crippen molar-refractivity contribution in [3.63, 3.8) is 0 Å². The molecule has 0 aromatic heterocycles. The normalized spacial score (nSPS) is 9.80. The maximum Gasteiger partial charge on any atom is 0.125 e. The highest BCUT2D eigenvalue weighted by Gasteiger charge is 2.07. The average molecular weight is 208 g/mol. The number of hydrogen-bond donors (Lipinski definition) is 0. The second-order valence-corrected chi connectivity index (χ2v) is 3.34. The first-order chi connectivity index (χ1) is 7.22. The Morgan fingerprint density at radius 2 is 1.87 bits per heavy atom. The van der Waals surface area contributed by atoms with Gasteiger partial charge in [-0.2, -0.15) is 0 Å². The van der Waals surface area contributed by atoms with Crippen molar-refractivity contribution < 1.29 is 14.3 Å². The maximum absolute atomic E-state index is 10.3. The molecule has 1 aromatic rings. The first-order valence-electron chi connectivity index (χ1n) is 4.88. The number of rotatable bonds is 5. The smallest absolute Gasteiger partial charge is 0.125 e. The molecule has 0 aliphatic carbocycles. The van der Waals surface area contributed by atoms with Crippen molar-refractivity contribution >= 4 is 6.29 Å². The number of methoxy groups -OCH3 is 2. The van der Waals surface area contributed by atoms with Gasteiger partial charge >= 0.3 is 0 Å². The fourth-order valence-electron chi connectivity index (χ4n) is 1.55. The Hall–Kier alpha value is -1.51. The predicted molar refractivity (Wildman–Crippen MR) is 58.7 cm³/mol. The third-order valence-electron chi connectivity index (χ3n) is 2.33. The van der Waals surface area contributed by atoms with Gasteiger partial charge in [0.1, 0.15) is 17.8 Å². The van der Waals surface area contributed by atoms with Gasteiger partial charge in [0.15, 0.2) is 0 Å². The third kappa shape index (κ3) is 2.72. The fourth-order valence-corrected chi connectivity index (χ4v) is 1.55. The van der Waals surface area contributed by atoms with Crippen LogP contribution in [0.4, 0.5) is 0 Å². The van der Waals surface area contributed by atoms with Crippen LogP contribution in [-0.2, 0) is 11.2 Å². The van der Waals surface area contributed by atoms with Crippen LogP contribution in [0.15, 0.2) is 12.1 Å². The van der Waals surface area contributed by atoms with Crippen LogP contribution in [0.5, 0.6) is 11.5 Å². The van der Waals surface area contributed by atoms with Crippen molar-refractivity contribution in [3.8, 4) is 11.5 Å². The quantitative estimate of drug-likeness (QED) is 0.695. The lowest BCUT2D eigenvalue weighted by Gasteiger charge is -2.12. The first kappa shape index (κ1) is 11.6. The van der Waals surface area contributed by atoms with E-state index in [9.17, 15) is 4.79 Å². The van der Waals surface area contributed by atoms with E-state index in [1.807, 2.05) is 19.1 Å². The van der Waals surface area contributed by atoms with E-state index in [0.717, 1.165) is 28.9 Å². The molecule has 0 unspecified atom stereocenters. The zero-order valence-electron chi connectivity index (χ0n) is 9.37. The van der Waals surface area contributed by atoms with E-state index in [0.29, 0.717) is 12.8 Å².